The molecule has 1 saturated heterocycles. The number of halogens is 4. The van der Waals surface area contributed by atoms with Gasteiger partial charge in [-0.3, -0.25) is 4.79 Å². The third-order valence-electron chi connectivity index (χ3n) is 4.56. The summed E-state index contributed by atoms with van der Waals surface area (Å²) in [5.74, 6) is -2.05. The van der Waals surface area contributed by atoms with Crippen molar-refractivity contribution in [1.29, 1.82) is 0 Å². The molecule has 2 aromatic heterocycles. The van der Waals surface area contributed by atoms with Crippen LogP contribution in [0.25, 0.3) is 11.1 Å². The number of hydrogen-bond donors (Lipinski definition) is 1. The van der Waals surface area contributed by atoms with E-state index in [9.17, 15) is 18.0 Å². The first kappa shape index (κ1) is 22.0. The van der Waals surface area contributed by atoms with Crippen molar-refractivity contribution in [2.24, 2.45) is 0 Å². The summed E-state index contributed by atoms with van der Waals surface area (Å²) in [7, 11) is 0. The Morgan fingerprint density at radius 2 is 2.06 bits per heavy atom. The Labute approximate surface area is 184 Å². The van der Waals surface area contributed by atoms with E-state index in [0.717, 1.165) is 5.56 Å². The normalized spacial score (nSPS) is 16.2. The van der Waals surface area contributed by atoms with Crippen LogP contribution in [-0.4, -0.2) is 40.3 Å². The lowest BCUT2D eigenvalue weighted by Crippen LogP contribution is -2.23. The summed E-state index contributed by atoms with van der Waals surface area (Å²) in [6.45, 7) is 0.650. The van der Waals surface area contributed by atoms with Crippen LogP contribution >= 0.6 is 11.6 Å². The minimum absolute atomic E-state index is 0.159. The van der Waals surface area contributed by atoms with E-state index in [0.29, 0.717) is 36.1 Å². The Kier molecular flexibility index (Phi) is 6.28. The van der Waals surface area contributed by atoms with E-state index in [1.807, 2.05) is 0 Å². The van der Waals surface area contributed by atoms with Gasteiger partial charge >= 0.3 is 6.18 Å². The summed E-state index contributed by atoms with van der Waals surface area (Å²) >= 11 is 5.97. The van der Waals surface area contributed by atoms with Gasteiger partial charge in [0.2, 0.25) is 11.8 Å². The van der Waals surface area contributed by atoms with Crippen LogP contribution in [0.4, 0.5) is 13.2 Å². The molecule has 1 atom stereocenters. The number of nitrogens with zero attached hydrogens (tertiary/aromatic N) is 3. The molecule has 0 spiro atoms. The standard InChI is InChI=1S/C20H16ClF3N4O4/c21-13-3-1-11(2-4-13)15-7-12(8-26-18(15)31-14-5-6-30-10-14)17(29)25-9-16-27-19(28-32-16)20(22,23)24/h1-4,7-8,14H,5-6,9-10H2,(H,25,29)/t14-/m1/s1. The van der Waals surface area contributed by atoms with E-state index in [-0.39, 0.29) is 24.1 Å². The van der Waals surface area contributed by atoms with E-state index in [4.69, 9.17) is 21.1 Å². The van der Waals surface area contributed by atoms with Gasteiger partial charge in [0.25, 0.3) is 11.7 Å². The maximum absolute atomic E-state index is 12.6. The summed E-state index contributed by atoms with van der Waals surface area (Å²) in [5.41, 5.74) is 1.44. The van der Waals surface area contributed by atoms with Crippen LogP contribution in [-0.2, 0) is 17.5 Å². The summed E-state index contributed by atoms with van der Waals surface area (Å²) < 4.78 is 53.5. The van der Waals surface area contributed by atoms with Crippen molar-refractivity contribution in [2.45, 2.75) is 25.2 Å². The topological polar surface area (TPSA) is 99.4 Å². The Morgan fingerprint density at radius 3 is 2.72 bits per heavy atom. The van der Waals surface area contributed by atoms with Gasteiger partial charge < -0.3 is 19.3 Å². The summed E-state index contributed by atoms with van der Waals surface area (Å²) in [6, 6.07) is 8.48. The van der Waals surface area contributed by atoms with Gasteiger partial charge in [0.05, 0.1) is 25.3 Å². The molecule has 3 aromatic rings. The lowest BCUT2D eigenvalue weighted by atomic mass is 10.0. The second-order valence-corrected chi connectivity index (χ2v) is 7.32. The smallest absolute Gasteiger partial charge is 0.455 e. The Bertz CT molecular complexity index is 1100. The molecule has 0 saturated carbocycles. The Morgan fingerprint density at radius 1 is 1.28 bits per heavy atom. The minimum atomic E-state index is -4.73. The molecule has 1 aromatic carbocycles. The van der Waals surface area contributed by atoms with E-state index in [1.54, 1.807) is 30.3 Å². The monoisotopic (exact) mass is 468 g/mol. The molecular weight excluding hydrogens is 453 g/mol. The van der Waals surface area contributed by atoms with Gasteiger partial charge in [-0.05, 0) is 23.8 Å². The van der Waals surface area contributed by atoms with Crippen LogP contribution in [0, 0.1) is 0 Å². The van der Waals surface area contributed by atoms with Crippen LogP contribution < -0.4 is 10.1 Å². The van der Waals surface area contributed by atoms with Crippen molar-refractivity contribution in [3.05, 3.63) is 58.8 Å². The van der Waals surface area contributed by atoms with Crippen molar-refractivity contribution < 1.29 is 32.0 Å². The van der Waals surface area contributed by atoms with E-state index in [1.165, 1.54) is 6.20 Å². The molecule has 0 radical (unpaired) electrons. The molecule has 0 bridgehead atoms. The number of pyridine rings is 1. The highest BCUT2D eigenvalue weighted by atomic mass is 35.5. The number of carbonyl (C=O) groups is 1. The molecule has 1 amide bonds. The lowest BCUT2D eigenvalue weighted by Gasteiger charge is -2.15. The SMILES string of the molecule is O=C(NCc1nc(C(F)(F)F)no1)c1cnc(O[C@@H]2CCOC2)c(-c2ccc(Cl)cc2)c1. The first-order valence-corrected chi connectivity index (χ1v) is 9.86. The highest BCUT2D eigenvalue weighted by molar-refractivity contribution is 6.30. The minimum Gasteiger partial charge on any atom is -0.471 e. The third kappa shape index (κ3) is 5.17. The molecule has 168 valence electrons. The number of hydrogen-bond acceptors (Lipinski definition) is 7. The third-order valence-corrected chi connectivity index (χ3v) is 4.81. The van der Waals surface area contributed by atoms with Gasteiger partial charge in [-0.1, -0.05) is 28.9 Å². The first-order chi connectivity index (χ1) is 15.3. The average Bonchev–Trinajstić information content (AvgIpc) is 3.45. The zero-order valence-corrected chi connectivity index (χ0v) is 17.1. The Balaban J connectivity index is 1.54. The van der Waals surface area contributed by atoms with Crippen LogP contribution in [0.1, 0.15) is 28.5 Å². The van der Waals surface area contributed by atoms with E-state index in [2.05, 4.69) is 25.0 Å². The summed E-state index contributed by atoms with van der Waals surface area (Å²) in [6.07, 6.45) is -2.86. The number of nitrogens with one attached hydrogen (secondary N) is 1. The van der Waals surface area contributed by atoms with Crippen molar-refractivity contribution >= 4 is 17.5 Å². The Hall–Kier alpha value is -3.18. The molecule has 32 heavy (non-hydrogen) atoms. The zero-order valence-electron chi connectivity index (χ0n) is 16.4. The molecule has 1 fully saturated rings. The second kappa shape index (κ2) is 9.13. The fraction of sp³-hybridized carbons (Fsp3) is 0.300. The second-order valence-electron chi connectivity index (χ2n) is 6.88. The molecule has 0 unspecified atom stereocenters. The number of amides is 1. The number of benzene rings is 1. The van der Waals surface area contributed by atoms with Crippen molar-refractivity contribution in [1.82, 2.24) is 20.4 Å². The lowest BCUT2D eigenvalue weighted by molar-refractivity contribution is -0.146. The predicted molar refractivity (Wildman–Crippen MR) is 105 cm³/mol. The van der Waals surface area contributed by atoms with Crippen LogP contribution in [0.2, 0.25) is 5.02 Å². The average molecular weight is 469 g/mol. The highest BCUT2D eigenvalue weighted by Crippen LogP contribution is 2.31. The van der Waals surface area contributed by atoms with Gasteiger partial charge in [-0.2, -0.15) is 18.2 Å². The van der Waals surface area contributed by atoms with E-state index < -0.39 is 17.9 Å². The van der Waals surface area contributed by atoms with Crippen LogP contribution in [0.5, 0.6) is 5.88 Å². The molecule has 4 rings (SSSR count). The quantitative estimate of drug-likeness (QED) is 0.585. The van der Waals surface area contributed by atoms with Gasteiger partial charge in [0, 0.05) is 23.2 Å². The summed E-state index contributed by atoms with van der Waals surface area (Å²) in [4.78, 5) is 20.1. The molecule has 1 N–H and O–H groups in total. The molecule has 12 heteroatoms. The number of ether oxygens (including phenoxy) is 2. The molecule has 1 aliphatic heterocycles. The van der Waals surface area contributed by atoms with Crippen molar-refractivity contribution in [3.63, 3.8) is 0 Å². The van der Waals surface area contributed by atoms with Gasteiger partial charge in [-0.25, -0.2) is 4.98 Å². The van der Waals surface area contributed by atoms with E-state index >= 15 is 0 Å². The number of alkyl halides is 3. The van der Waals surface area contributed by atoms with Gasteiger partial charge in [0.1, 0.15) is 6.10 Å². The maximum atomic E-state index is 12.6. The van der Waals surface area contributed by atoms with Gasteiger partial charge in [0.15, 0.2) is 0 Å². The molecular formula is C20H16ClF3N4O4. The fourth-order valence-corrected chi connectivity index (χ4v) is 3.10. The van der Waals surface area contributed by atoms with Crippen molar-refractivity contribution in [2.75, 3.05) is 13.2 Å². The number of rotatable bonds is 6. The maximum Gasteiger partial charge on any atom is 0.455 e. The van der Waals surface area contributed by atoms with Crippen LogP contribution in [0.15, 0.2) is 41.1 Å². The largest absolute Gasteiger partial charge is 0.471 e. The van der Waals surface area contributed by atoms with Gasteiger partial charge in [-0.15, -0.1) is 0 Å². The first-order valence-electron chi connectivity index (χ1n) is 9.48. The number of carbonyl (C=O) groups excluding carboxylic acids is 1. The molecule has 1 aliphatic rings. The van der Waals surface area contributed by atoms with Crippen LogP contribution in [0.3, 0.4) is 0 Å². The zero-order chi connectivity index (χ0) is 22.7. The van der Waals surface area contributed by atoms with Crippen molar-refractivity contribution in [3.8, 4) is 17.0 Å². The molecule has 8 nitrogen and oxygen atoms in total. The molecule has 3 heterocycles. The molecule has 0 aliphatic carbocycles. The predicted octanol–water partition coefficient (Wildman–Crippen LogP) is 3.90. The number of aromatic nitrogens is 3. The summed E-state index contributed by atoms with van der Waals surface area (Å²) in [5, 5.41) is 5.82. The fourth-order valence-electron chi connectivity index (χ4n) is 2.97. The highest BCUT2D eigenvalue weighted by Gasteiger charge is 2.37.